The van der Waals surface area contributed by atoms with Crippen molar-refractivity contribution in [2.24, 2.45) is 17.4 Å². The fraction of sp³-hybridized carbons (Fsp3) is 0.448. The van der Waals surface area contributed by atoms with E-state index in [0.717, 1.165) is 69.7 Å². The Morgan fingerprint density at radius 1 is 1.02 bits per heavy atom. The number of piperidine rings is 1. The number of aliphatic carboxylic acids is 1. The second-order valence-corrected chi connectivity index (χ2v) is 11.5. The normalized spacial score (nSPS) is 18.5. The molecule has 1 aromatic carbocycles. The van der Waals surface area contributed by atoms with Crippen molar-refractivity contribution < 1.29 is 14.6 Å². The summed E-state index contributed by atoms with van der Waals surface area (Å²) < 4.78 is 5.96. The molecule has 2 aromatic rings. The molecule has 0 saturated carbocycles. The average Bonchev–Trinajstić information content (AvgIpc) is 3.12. The molecular weight excluding hydrogens is 551 g/mol. The number of hydrogen-bond acceptors (Lipinski definition) is 8. The minimum absolute atomic E-state index is 0.170. The van der Waals surface area contributed by atoms with Crippen LogP contribution in [-0.2, 0) is 11.3 Å². The van der Waals surface area contributed by atoms with Crippen LogP contribution in [-0.4, -0.2) is 77.1 Å². The van der Waals surface area contributed by atoms with Crippen molar-refractivity contribution in [3.05, 3.63) is 69.8 Å². The summed E-state index contributed by atoms with van der Waals surface area (Å²) in [5, 5.41) is 10.1. The molecule has 3 heterocycles. The Bertz CT molecular complexity index is 1230. The van der Waals surface area contributed by atoms with Gasteiger partial charge in [0.25, 0.3) is 0 Å². The zero-order chi connectivity index (χ0) is 28.6. The van der Waals surface area contributed by atoms with Crippen LogP contribution in [0.5, 0.6) is 5.88 Å². The zero-order valence-corrected chi connectivity index (χ0v) is 24.4. The summed E-state index contributed by atoms with van der Waals surface area (Å²) in [6, 6.07) is 9.16. The van der Waals surface area contributed by atoms with Crippen LogP contribution < -0.4 is 16.2 Å². The third kappa shape index (κ3) is 9.02. The van der Waals surface area contributed by atoms with Crippen molar-refractivity contribution in [3.8, 4) is 17.1 Å². The molecule has 5 N–H and O–H groups in total. The number of likely N-dealkylation sites (N-methyl/N-ethyl adjacent to an activating group) is 1. The molecule has 0 bridgehead atoms. The molecule has 0 amide bonds. The van der Waals surface area contributed by atoms with Gasteiger partial charge < -0.3 is 31.1 Å². The SMILES string of the molecule is CN1CCCN(/C(N)=C/C=C(\N)Oc2cc(CN3CCC(CC(=O)O)CC3)cc(-c3cc(Cl)cc(Cl)c3)n2)CC1. The molecule has 2 saturated heterocycles. The van der Waals surface area contributed by atoms with E-state index in [1.807, 2.05) is 24.3 Å². The fourth-order valence-electron chi connectivity index (χ4n) is 5.14. The third-order valence-electron chi connectivity index (χ3n) is 7.32. The van der Waals surface area contributed by atoms with Gasteiger partial charge in [0.2, 0.25) is 5.88 Å². The van der Waals surface area contributed by atoms with Crippen LogP contribution in [0, 0.1) is 5.92 Å². The minimum atomic E-state index is -0.736. The predicted molar refractivity (Wildman–Crippen MR) is 159 cm³/mol. The van der Waals surface area contributed by atoms with E-state index in [2.05, 4.69) is 26.7 Å². The first-order chi connectivity index (χ1) is 19.1. The summed E-state index contributed by atoms with van der Waals surface area (Å²) in [6.45, 7) is 6.07. The number of aromatic nitrogens is 1. The van der Waals surface area contributed by atoms with Crippen LogP contribution in [0.3, 0.4) is 0 Å². The van der Waals surface area contributed by atoms with E-state index in [4.69, 9.17) is 44.5 Å². The lowest BCUT2D eigenvalue weighted by Gasteiger charge is -2.31. The monoisotopic (exact) mass is 588 g/mol. The van der Waals surface area contributed by atoms with Crippen molar-refractivity contribution in [3.63, 3.8) is 0 Å². The Morgan fingerprint density at radius 2 is 1.75 bits per heavy atom. The van der Waals surface area contributed by atoms with Crippen LogP contribution in [0.25, 0.3) is 11.3 Å². The Labute approximate surface area is 246 Å². The van der Waals surface area contributed by atoms with Gasteiger partial charge in [0.1, 0.15) is 0 Å². The first kappa shape index (κ1) is 30.0. The standard InChI is InChI=1S/C29H38Cl2N6O3/c1-35-7-2-8-37(12-11-35)26(32)3-4-27(33)40-28-14-21(19-36-9-5-20(6-10-36)15-29(38)39)13-25(34-28)22-16-23(30)18-24(31)17-22/h3-4,13-14,16-18,20H,2,5-12,15,19,32-33H2,1H3,(H,38,39)/b26-3+,27-4+. The highest BCUT2D eigenvalue weighted by Crippen LogP contribution is 2.30. The highest BCUT2D eigenvalue weighted by molar-refractivity contribution is 6.35. The van der Waals surface area contributed by atoms with E-state index in [0.29, 0.717) is 34.0 Å². The van der Waals surface area contributed by atoms with Crippen LogP contribution in [0.4, 0.5) is 0 Å². The van der Waals surface area contributed by atoms with Crippen LogP contribution in [0.1, 0.15) is 31.2 Å². The van der Waals surface area contributed by atoms with Gasteiger partial charge in [-0.2, -0.15) is 0 Å². The number of pyridine rings is 1. The predicted octanol–water partition coefficient (Wildman–Crippen LogP) is 4.36. The average molecular weight is 590 g/mol. The molecule has 11 heteroatoms. The van der Waals surface area contributed by atoms with Gasteiger partial charge in [-0.05, 0) is 87.8 Å². The second-order valence-electron chi connectivity index (χ2n) is 10.6. The molecule has 2 aliphatic heterocycles. The lowest BCUT2D eigenvalue weighted by molar-refractivity contribution is -0.138. The maximum Gasteiger partial charge on any atom is 0.303 e. The van der Waals surface area contributed by atoms with E-state index in [1.165, 1.54) is 0 Å². The van der Waals surface area contributed by atoms with Gasteiger partial charge >= 0.3 is 5.97 Å². The Morgan fingerprint density at radius 3 is 2.45 bits per heavy atom. The topological polar surface area (TPSA) is 121 Å². The van der Waals surface area contributed by atoms with E-state index in [-0.39, 0.29) is 18.2 Å². The number of halogens is 2. The molecule has 2 fully saturated rings. The van der Waals surface area contributed by atoms with Crippen LogP contribution >= 0.6 is 23.2 Å². The van der Waals surface area contributed by atoms with Crippen molar-refractivity contribution in [1.29, 1.82) is 0 Å². The molecule has 0 unspecified atom stereocenters. The summed E-state index contributed by atoms with van der Waals surface area (Å²) in [5.41, 5.74) is 15.0. The summed E-state index contributed by atoms with van der Waals surface area (Å²) in [5.74, 6) is 0.644. The van der Waals surface area contributed by atoms with E-state index in [1.54, 1.807) is 18.2 Å². The smallest absolute Gasteiger partial charge is 0.303 e. The van der Waals surface area contributed by atoms with Gasteiger partial charge in [0.15, 0.2) is 5.88 Å². The summed E-state index contributed by atoms with van der Waals surface area (Å²) in [7, 11) is 2.11. The molecule has 216 valence electrons. The van der Waals surface area contributed by atoms with Gasteiger partial charge in [-0.1, -0.05) is 23.2 Å². The number of likely N-dealkylation sites (tertiary alicyclic amines) is 1. The Kier molecular flexibility index (Phi) is 10.6. The number of nitrogens with zero attached hydrogens (tertiary/aromatic N) is 4. The number of benzene rings is 1. The van der Waals surface area contributed by atoms with Gasteiger partial charge in [0.05, 0.1) is 11.5 Å². The van der Waals surface area contributed by atoms with E-state index in [9.17, 15) is 4.79 Å². The molecule has 0 radical (unpaired) electrons. The maximum atomic E-state index is 11.1. The molecular formula is C29H38Cl2N6O3. The number of allylic oxidation sites excluding steroid dienone is 2. The molecule has 1 aromatic heterocycles. The number of nitrogens with two attached hydrogens (primary N) is 2. The summed E-state index contributed by atoms with van der Waals surface area (Å²) >= 11 is 12.5. The van der Waals surface area contributed by atoms with Gasteiger partial charge in [-0.15, -0.1) is 0 Å². The molecule has 0 aliphatic carbocycles. The fourth-order valence-corrected chi connectivity index (χ4v) is 5.66. The molecule has 4 rings (SSSR count). The third-order valence-corrected chi connectivity index (χ3v) is 7.76. The summed E-state index contributed by atoms with van der Waals surface area (Å²) in [6.07, 6.45) is 6.40. The number of hydrogen-bond donors (Lipinski definition) is 3. The zero-order valence-electron chi connectivity index (χ0n) is 22.9. The quantitative estimate of drug-likeness (QED) is 0.289. The van der Waals surface area contributed by atoms with Crippen molar-refractivity contribution in [2.75, 3.05) is 46.3 Å². The van der Waals surface area contributed by atoms with Crippen LogP contribution in [0.2, 0.25) is 10.0 Å². The van der Waals surface area contributed by atoms with Gasteiger partial charge in [0, 0.05) is 60.4 Å². The number of rotatable bonds is 9. The van der Waals surface area contributed by atoms with Crippen molar-refractivity contribution >= 4 is 29.2 Å². The van der Waals surface area contributed by atoms with Gasteiger partial charge in [-0.25, -0.2) is 4.98 Å². The largest absolute Gasteiger partial charge is 0.481 e. The molecule has 9 nitrogen and oxygen atoms in total. The van der Waals surface area contributed by atoms with Crippen LogP contribution in [0.15, 0.2) is 54.2 Å². The molecule has 40 heavy (non-hydrogen) atoms. The van der Waals surface area contributed by atoms with E-state index >= 15 is 0 Å². The van der Waals surface area contributed by atoms with Crippen molar-refractivity contribution in [2.45, 2.75) is 32.2 Å². The molecule has 2 aliphatic rings. The molecule has 0 atom stereocenters. The Balaban J connectivity index is 1.52. The lowest BCUT2D eigenvalue weighted by atomic mass is 9.93. The Hall–Kier alpha value is -2.98. The minimum Gasteiger partial charge on any atom is -0.481 e. The maximum absolute atomic E-state index is 11.1. The first-order valence-corrected chi connectivity index (χ1v) is 14.4. The van der Waals surface area contributed by atoms with Gasteiger partial charge in [-0.3, -0.25) is 9.69 Å². The summed E-state index contributed by atoms with van der Waals surface area (Å²) in [4.78, 5) is 22.5. The van der Waals surface area contributed by atoms with E-state index < -0.39 is 5.97 Å². The highest BCUT2D eigenvalue weighted by Gasteiger charge is 2.22. The number of ether oxygens (including phenoxy) is 1. The number of carbonyl (C=O) groups is 1. The highest BCUT2D eigenvalue weighted by atomic mass is 35.5. The first-order valence-electron chi connectivity index (χ1n) is 13.6. The lowest BCUT2D eigenvalue weighted by Crippen LogP contribution is -2.33. The van der Waals surface area contributed by atoms with Crippen molar-refractivity contribution in [1.82, 2.24) is 19.7 Å². The second kappa shape index (κ2) is 14.1. The number of carboxylic acids is 1. The number of carboxylic acid groups (broad SMARTS) is 1. The molecule has 0 spiro atoms.